The van der Waals surface area contributed by atoms with E-state index < -0.39 is 0 Å². The molecule has 1 aliphatic rings. The Morgan fingerprint density at radius 2 is 1.92 bits per heavy atom. The largest absolute Gasteiger partial charge is 0.247 e. The predicted molar refractivity (Wildman–Crippen MR) is 61.2 cm³/mol. The molecule has 13 heavy (non-hydrogen) atoms. The molecule has 1 fully saturated rings. The minimum Gasteiger partial charge on any atom is -0.247 e. The summed E-state index contributed by atoms with van der Waals surface area (Å²) in [6.07, 6.45) is 2.02. The van der Waals surface area contributed by atoms with E-state index in [2.05, 4.69) is 43.9 Å². The average Bonchev–Trinajstić information content (AvgIpc) is 2.16. The Kier molecular flexibility index (Phi) is 3.33. The molecule has 0 aromatic rings. The van der Waals surface area contributed by atoms with Crippen LogP contribution in [0.25, 0.3) is 0 Å². The van der Waals surface area contributed by atoms with E-state index in [9.17, 15) is 0 Å². The zero-order chi connectivity index (χ0) is 10.1. The molecule has 1 heterocycles. The monoisotopic (exact) mass is 220 g/mol. The number of hydrogen-bond acceptors (Lipinski definition) is 3. The topological polar surface area (TPSA) is 24.1 Å². The summed E-state index contributed by atoms with van der Waals surface area (Å²) in [7, 11) is 0. The fraction of sp³-hybridized carbons (Fsp3) is 0.778. The van der Waals surface area contributed by atoms with Crippen molar-refractivity contribution in [1.82, 2.24) is 10.9 Å². The molecule has 0 aromatic heterocycles. The first-order valence-corrected chi connectivity index (χ1v) is 5.55. The van der Waals surface area contributed by atoms with Gasteiger partial charge in [-0.3, -0.25) is 0 Å². The summed E-state index contributed by atoms with van der Waals surface area (Å²) in [5, 5.41) is 0. The second-order valence-electron chi connectivity index (χ2n) is 3.49. The van der Waals surface area contributed by atoms with Crippen LogP contribution < -0.4 is 10.9 Å². The van der Waals surface area contributed by atoms with E-state index in [0.717, 1.165) is 18.4 Å². The van der Waals surface area contributed by atoms with Crippen molar-refractivity contribution in [3.05, 3.63) is 12.2 Å². The third-order valence-electron chi connectivity index (χ3n) is 3.06. The summed E-state index contributed by atoms with van der Waals surface area (Å²) >= 11 is 10.4. The number of halogens is 1. The second kappa shape index (κ2) is 3.81. The molecule has 0 aromatic carbocycles. The minimum absolute atomic E-state index is 0.00207. The lowest BCUT2D eigenvalue weighted by Gasteiger charge is -2.58. The highest BCUT2D eigenvalue weighted by atomic mass is 35.5. The van der Waals surface area contributed by atoms with Crippen LogP contribution in [0.1, 0.15) is 26.7 Å². The fourth-order valence-electron chi connectivity index (χ4n) is 1.82. The van der Waals surface area contributed by atoms with E-state index in [-0.39, 0.29) is 10.4 Å². The Hall–Kier alpha value is 0.300. The smallest absolute Gasteiger partial charge is 0.116 e. The van der Waals surface area contributed by atoms with Crippen LogP contribution >= 0.6 is 24.2 Å². The molecule has 0 bridgehead atoms. The van der Waals surface area contributed by atoms with Gasteiger partial charge in [0.25, 0.3) is 0 Å². The average molecular weight is 221 g/mol. The van der Waals surface area contributed by atoms with Crippen molar-refractivity contribution in [2.75, 3.05) is 5.88 Å². The molecule has 0 saturated carbocycles. The third kappa shape index (κ3) is 1.42. The maximum atomic E-state index is 5.77. The molecule has 1 unspecified atom stereocenters. The molecular formula is C9H17ClN2S. The van der Waals surface area contributed by atoms with Gasteiger partial charge in [0.1, 0.15) is 4.87 Å². The highest BCUT2D eigenvalue weighted by Crippen LogP contribution is 2.42. The van der Waals surface area contributed by atoms with Crippen LogP contribution in [0, 0.1) is 0 Å². The standard InChI is InChI=1S/C9H17ClN2S/c1-4-8(5-2)9(13,12-11-8)7(3)6-10/h11-13H,3-6H2,1-2H3. The van der Waals surface area contributed by atoms with Gasteiger partial charge in [-0.1, -0.05) is 20.4 Å². The first kappa shape index (κ1) is 11.4. The lowest BCUT2D eigenvalue weighted by atomic mass is 9.78. The highest BCUT2D eigenvalue weighted by molar-refractivity contribution is 7.82. The van der Waals surface area contributed by atoms with Crippen molar-refractivity contribution < 1.29 is 0 Å². The van der Waals surface area contributed by atoms with Crippen LogP contribution in [0.5, 0.6) is 0 Å². The summed E-state index contributed by atoms with van der Waals surface area (Å²) in [6.45, 7) is 8.23. The van der Waals surface area contributed by atoms with Gasteiger partial charge in [-0.25, -0.2) is 10.9 Å². The molecule has 1 aliphatic heterocycles. The first-order chi connectivity index (χ1) is 6.06. The van der Waals surface area contributed by atoms with Crippen LogP contribution in [0.3, 0.4) is 0 Å². The molecule has 2 nitrogen and oxygen atoms in total. The van der Waals surface area contributed by atoms with Crippen molar-refractivity contribution in [2.24, 2.45) is 0 Å². The quantitative estimate of drug-likeness (QED) is 0.384. The number of thiol groups is 1. The van der Waals surface area contributed by atoms with Gasteiger partial charge in [-0.2, -0.15) is 0 Å². The number of rotatable bonds is 4. The van der Waals surface area contributed by atoms with Gasteiger partial charge < -0.3 is 0 Å². The molecule has 2 N–H and O–H groups in total. The molecular weight excluding hydrogens is 204 g/mol. The molecule has 76 valence electrons. The Morgan fingerprint density at radius 3 is 2.15 bits per heavy atom. The molecule has 1 atom stereocenters. The van der Waals surface area contributed by atoms with Crippen LogP contribution in [0.15, 0.2) is 12.2 Å². The number of hydrogen-bond donors (Lipinski definition) is 3. The first-order valence-electron chi connectivity index (χ1n) is 4.57. The summed E-state index contributed by atoms with van der Waals surface area (Å²) in [5.41, 5.74) is 7.25. The predicted octanol–water partition coefficient (Wildman–Crippen LogP) is 2.07. The van der Waals surface area contributed by atoms with Gasteiger partial charge in [0, 0.05) is 5.88 Å². The normalized spacial score (nSPS) is 31.1. The molecule has 0 amide bonds. The van der Waals surface area contributed by atoms with Gasteiger partial charge in [0.2, 0.25) is 0 Å². The number of alkyl halides is 1. The fourth-order valence-corrected chi connectivity index (χ4v) is 2.62. The maximum absolute atomic E-state index is 5.77. The Labute approximate surface area is 90.5 Å². The minimum atomic E-state index is -0.349. The van der Waals surface area contributed by atoms with Crippen molar-refractivity contribution >= 4 is 24.2 Å². The van der Waals surface area contributed by atoms with Crippen LogP contribution in [0.2, 0.25) is 0 Å². The van der Waals surface area contributed by atoms with Crippen LogP contribution in [-0.4, -0.2) is 16.3 Å². The van der Waals surface area contributed by atoms with Crippen molar-refractivity contribution in [3.8, 4) is 0 Å². The van der Waals surface area contributed by atoms with E-state index in [0.29, 0.717) is 5.88 Å². The van der Waals surface area contributed by atoms with E-state index >= 15 is 0 Å². The van der Waals surface area contributed by atoms with Crippen molar-refractivity contribution in [2.45, 2.75) is 37.1 Å². The van der Waals surface area contributed by atoms with Gasteiger partial charge in [-0.15, -0.1) is 24.2 Å². The zero-order valence-electron chi connectivity index (χ0n) is 8.15. The Balaban J connectivity index is 2.86. The molecule has 1 saturated heterocycles. The van der Waals surface area contributed by atoms with E-state index in [4.69, 9.17) is 11.6 Å². The van der Waals surface area contributed by atoms with Crippen LogP contribution in [0.4, 0.5) is 0 Å². The highest BCUT2D eigenvalue weighted by Gasteiger charge is 2.55. The summed E-state index contributed by atoms with van der Waals surface area (Å²) in [5.74, 6) is 0.444. The Bertz CT molecular complexity index is 210. The van der Waals surface area contributed by atoms with E-state index in [1.165, 1.54) is 0 Å². The summed E-state index contributed by atoms with van der Waals surface area (Å²) < 4.78 is 0. The van der Waals surface area contributed by atoms with Crippen LogP contribution in [-0.2, 0) is 0 Å². The number of hydrazine groups is 1. The zero-order valence-corrected chi connectivity index (χ0v) is 9.80. The van der Waals surface area contributed by atoms with Gasteiger partial charge >= 0.3 is 0 Å². The van der Waals surface area contributed by atoms with Crippen molar-refractivity contribution in [3.63, 3.8) is 0 Å². The molecule has 0 aliphatic carbocycles. The van der Waals surface area contributed by atoms with Gasteiger partial charge in [-0.05, 0) is 18.4 Å². The molecule has 4 heteroatoms. The summed E-state index contributed by atoms with van der Waals surface area (Å²) in [4.78, 5) is -0.349. The molecule has 0 radical (unpaired) electrons. The Morgan fingerprint density at radius 1 is 1.38 bits per heavy atom. The third-order valence-corrected chi connectivity index (χ3v) is 4.23. The second-order valence-corrected chi connectivity index (χ2v) is 4.42. The lowest BCUT2D eigenvalue weighted by Crippen LogP contribution is -2.83. The van der Waals surface area contributed by atoms with Gasteiger partial charge in [0.15, 0.2) is 0 Å². The van der Waals surface area contributed by atoms with E-state index in [1.54, 1.807) is 0 Å². The molecule has 0 spiro atoms. The van der Waals surface area contributed by atoms with E-state index in [1.807, 2.05) is 0 Å². The maximum Gasteiger partial charge on any atom is 0.116 e. The summed E-state index contributed by atoms with van der Waals surface area (Å²) in [6, 6.07) is 0. The lowest BCUT2D eigenvalue weighted by molar-refractivity contribution is 0.0696. The van der Waals surface area contributed by atoms with Crippen molar-refractivity contribution in [1.29, 1.82) is 0 Å². The molecule has 1 rings (SSSR count). The number of nitrogens with one attached hydrogen (secondary N) is 2. The van der Waals surface area contributed by atoms with Gasteiger partial charge in [0.05, 0.1) is 5.54 Å². The SMILES string of the molecule is C=C(CCl)C1(S)NNC1(CC)CC.